The van der Waals surface area contributed by atoms with Crippen molar-refractivity contribution in [1.29, 1.82) is 0 Å². The molecule has 0 heterocycles. The fourth-order valence-electron chi connectivity index (χ4n) is 1.45. The van der Waals surface area contributed by atoms with E-state index in [0.717, 1.165) is 19.3 Å². The number of amides is 1. The van der Waals surface area contributed by atoms with Gasteiger partial charge >= 0.3 is 0 Å². The van der Waals surface area contributed by atoms with Gasteiger partial charge in [-0.3, -0.25) is 4.79 Å². The number of hydrogen-bond donors (Lipinski definition) is 1. The standard InChI is InChI=1S/C10H21NO/c1-5-7-9(8(3)6-2)10(12)11-4/h8-9H,5-7H2,1-4H3,(H,11,12). The van der Waals surface area contributed by atoms with E-state index in [0.29, 0.717) is 5.92 Å². The molecule has 0 radical (unpaired) electrons. The van der Waals surface area contributed by atoms with Crippen molar-refractivity contribution in [1.82, 2.24) is 5.32 Å². The second-order valence-corrected chi connectivity index (χ2v) is 3.39. The minimum atomic E-state index is 0.200. The minimum Gasteiger partial charge on any atom is -0.359 e. The second-order valence-electron chi connectivity index (χ2n) is 3.39. The van der Waals surface area contributed by atoms with Gasteiger partial charge in [0, 0.05) is 13.0 Å². The van der Waals surface area contributed by atoms with Crippen molar-refractivity contribution in [2.75, 3.05) is 7.05 Å². The Balaban J connectivity index is 4.11. The van der Waals surface area contributed by atoms with Crippen LogP contribution in [0.2, 0.25) is 0 Å². The van der Waals surface area contributed by atoms with Crippen molar-refractivity contribution in [3.63, 3.8) is 0 Å². The number of carbonyl (C=O) groups is 1. The third-order valence-corrected chi connectivity index (χ3v) is 2.51. The second kappa shape index (κ2) is 6.04. The quantitative estimate of drug-likeness (QED) is 0.675. The Morgan fingerprint density at radius 2 is 2.00 bits per heavy atom. The first kappa shape index (κ1) is 11.5. The molecule has 0 aliphatic heterocycles. The molecule has 2 heteroatoms. The summed E-state index contributed by atoms with van der Waals surface area (Å²) in [5, 5.41) is 2.73. The Kier molecular flexibility index (Phi) is 5.77. The van der Waals surface area contributed by atoms with E-state index in [1.165, 1.54) is 0 Å². The molecule has 0 aromatic heterocycles. The molecule has 1 amide bonds. The molecule has 2 atom stereocenters. The van der Waals surface area contributed by atoms with Gasteiger partial charge in [-0.25, -0.2) is 0 Å². The molecule has 0 saturated heterocycles. The van der Waals surface area contributed by atoms with Gasteiger partial charge in [0.2, 0.25) is 5.91 Å². The third kappa shape index (κ3) is 3.24. The summed E-state index contributed by atoms with van der Waals surface area (Å²) in [5.41, 5.74) is 0. The van der Waals surface area contributed by atoms with Crippen molar-refractivity contribution in [2.45, 2.75) is 40.0 Å². The SMILES string of the molecule is CCCC(C(=O)NC)C(C)CC. The smallest absolute Gasteiger partial charge is 0.223 e. The Bertz CT molecular complexity index is 134. The van der Waals surface area contributed by atoms with Crippen LogP contribution in [0.15, 0.2) is 0 Å². The molecule has 1 N–H and O–H groups in total. The van der Waals surface area contributed by atoms with Gasteiger partial charge in [-0.15, -0.1) is 0 Å². The van der Waals surface area contributed by atoms with Crippen LogP contribution in [0.25, 0.3) is 0 Å². The van der Waals surface area contributed by atoms with Crippen LogP contribution in [0, 0.1) is 11.8 Å². The van der Waals surface area contributed by atoms with E-state index in [1.54, 1.807) is 7.05 Å². The van der Waals surface area contributed by atoms with Crippen LogP contribution in [0.4, 0.5) is 0 Å². The molecule has 0 aromatic rings. The molecular weight excluding hydrogens is 150 g/mol. The lowest BCUT2D eigenvalue weighted by Crippen LogP contribution is -2.31. The molecule has 0 bridgehead atoms. The molecule has 0 aliphatic carbocycles. The lowest BCUT2D eigenvalue weighted by molar-refractivity contribution is -0.126. The predicted octanol–water partition coefficient (Wildman–Crippen LogP) is 2.19. The van der Waals surface area contributed by atoms with Gasteiger partial charge in [0.05, 0.1) is 0 Å². The topological polar surface area (TPSA) is 29.1 Å². The Morgan fingerprint density at radius 1 is 1.42 bits per heavy atom. The van der Waals surface area contributed by atoms with Crippen LogP contribution in [0.5, 0.6) is 0 Å². The van der Waals surface area contributed by atoms with Crippen LogP contribution in [-0.2, 0) is 4.79 Å². The van der Waals surface area contributed by atoms with Crippen LogP contribution in [-0.4, -0.2) is 13.0 Å². The highest BCUT2D eigenvalue weighted by atomic mass is 16.1. The lowest BCUT2D eigenvalue weighted by atomic mass is 9.87. The normalized spacial score (nSPS) is 15.3. The summed E-state index contributed by atoms with van der Waals surface area (Å²) in [6, 6.07) is 0. The van der Waals surface area contributed by atoms with Crippen LogP contribution in [0.1, 0.15) is 40.0 Å². The zero-order valence-corrected chi connectivity index (χ0v) is 8.68. The number of nitrogens with one attached hydrogen (secondary N) is 1. The van der Waals surface area contributed by atoms with Gasteiger partial charge in [-0.1, -0.05) is 33.6 Å². The van der Waals surface area contributed by atoms with Gasteiger partial charge in [0.25, 0.3) is 0 Å². The molecular formula is C10H21NO. The Hall–Kier alpha value is -0.530. The fraction of sp³-hybridized carbons (Fsp3) is 0.900. The first-order valence-electron chi connectivity index (χ1n) is 4.88. The molecule has 2 unspecified atom stereocenters. The third-order valence-electron chi connectivity index (χ3n) is 2.51. The van der Waals surface area contributed by atoms with Crippen LogP contribution < -0.4 is 5.32 Å². The summed E-state index contributed by atoms with van der Waals surface area (Å²) in [5.74, 6) is 0.918. The maximum absolute atomic E-state index is 11.4. The zero-order valence-electron chi connectivity index (χ0n) is 8.68. The molecule has 0 aromatic carbocycles. The molecule has 0 fully saturated rings. The largest absolute Gasteiger partial charge is 0.359 e. The highest BCUT2D eigenvalue weighted by Gasteiger charge is 2.21. The first-order chi connectivity index (χ1) is 5.67. The molecule has 72 valence electrons. The van der Waals surface area contributed by atoms with Crippen LogP contribution in [0.3, 0.4) is 0 Å². The zero-order chi connectivity index (χ0) is 9.56. The summed E-state index contributed by atoms with van der Waals surface area (Å²) in [6.07, 6.45) is 3.18. The maximum Gasteiger partial charge on any atom is 0.223 e. The van der Waals surface area contributed by atoms with Crippen molar-refractivity contribution in [3.8, 4) is 0 Å². The van der Waals surface area contributed by atoms with E-state index < -0.39 is 0 Å². The lowest BCUT2D eigenvalue weighted by Gasteiger charge is -2.20. The average Bonchev–Trinajstić information content (AvgIpc) is 2.11. The highest BCUT2D eigenvalue weighted by Crippen LogP contribution is 2.20. The van der Waals surface area contributed by atoms with E-state index in [-0.39, 0.29) is 11.8 Å². The van der Waals surface area contributed by atoms with Crippen molar-refractivity contribution in [2.24, 2.45) is 11.8 Å². The van der Waals surface area contributed by atoms with E-state index >= 15 is 0 Å². The first-order valence-corrected chi connectivity index (χ1v) is 4.88. The van der Waals surface area contributed by atoms with Gasteiger partial charge in [0.15, 0.2) is 0 Å². The fourth-order valence-corrected chi connectivity index (χ4v) is 1.45. The monoisotopic (exact) mass is 171 g/mol. The molecule has 0 spiro atoms. The number of hydrogen-bond acceptors (Lipinski definition) is 1. The van der Waals surface area contributed by atoms with Crippen LogP contribution >= 0.6 is 0 Å². The molecule has 2 nitrogen and oxygen atoms in total. The summed E-state index contributed by atoms with van der Waals surface area (Å²) in [6.45, 7) is 6.41. The van der Waals surface area contributed by atoms with Gasteiger partial charge in [-0.05, 0) is 12.3 Å². The van der Waals surface area contributed by atoms with E-state index in [2.05, 4.69) is 26.1 Å². The highest BCUT2D eigenvalue weighted by molar-refractivity contribution is 5.78. The summed E-state index contributed by atoms with van der Waals surface area (Å²) in [7, 11) is 1.72. The molecule has 0 rings (SSSR count). The van der Waals surface area contributed by atoms with E-state index in [9.17, 15) is 4.79 Å². The van der Waals surface area contributed by atoms with E-state index in [4.69, 9.17) is 0 Å². The summed E-state index contributed by atoms with van der Waals surface area (Å²) in [4.78, 5) is 11.4. The van der Waals surface area contributed by atoms with Crippen molar-refractivity contribution in [3.05, 3.63) is 0 Å². The Morgan fingerprint density at radius 3 is 2.33 bits per heavy atom. The minimum absolute atomic E-state index is 0.200. The van der Waals surface area contributed by atoms with Crippen molar-refractivity contribution >= 4 is 5.91 Å². The summed E-state index contributed by atoms with van der Waals surface area (Å²) < 4.78 is 0. The number of carbonyl (C=O) groups excluding carboxylic acids is 1. The predicted molar refractivity (Wildman–Crippen MR) is 51.9 cm³/mol. The van der Waals surface area contributed by atoms with Gasteiger partial charge in [0.1, 0.15) is 0 Å². The number of rotatable bonds is 5. The molecule has 12 heavy (non-hydrogen) atoms. The van der Waals surface area contributed by atoms with E-state index in [1.807, 2.05) is 0 Å². The van der Waals surface area contributed by atoms with Gasteiger partial charge in [-0.2, -0.15) is 0 Å². The maximum atomic E-state index is 11.4. The van der Waals surface area contributed by atoms with Gasteiger partial charge < -0.3 is 5.32 Å². The molecule has 0 saturated carbocycles. The molecule has 0 aliphatic rings. The summed E-state index contributed by atoms with van der Waals surface area (Å²) >= 11 is 0. The van der Waals surface area contributed by atoms with Crippen molar-refractivity contribution < 1.29 is 4.79 Å². The average molecular weight is 171 g/mol. The Labute approximate surface area is 75.7 Å².